The molecule has 2 heterocycles. The summed E-state index contributed by atoms with van der Waals surface area (Å²) in [6.45, 7) is 3.37. The van der Waals surface area contributed by atoms with Gasteiger partial charge < -0.3 is 14.5 Å². The lowest BCUT2D eigenvalue weighted by molar-refractivity contribution is -0.116. The van der Waals surface area contributed by atoms with E-state index in [-0.39, 0.29) is 41.0 Å². The van der Waals surface area contributed by atoms with E-state index in [0.29, 0.717) is 26.2 Å². The number of ether oxygens (including phenoxy) is 1. The van der Waals surface area contributed by atoms with Gasteiger partial charge in [0.25, 0.3) is 5.91 Å². The highest BCUT2D eigenvalue weighted by Gasteiger charge is 2.36. The summed E-state index contributed by atoms with van der Waals surface area (Å²) in [5, 5.41) is 0.0604. The second-order valence-corrected chi connectivity index (χ2v) is 8.71. The zero-order valence-electron chi connectivity index (χ0n) is 15.3. The van der Waals surface area contributed by atoms with E-state index in [0.717, 1.165) is 4.31 Å². The fourth-order valence-corrected chi connectivity index (χ4v) is 4.86. The van der Waals surface area contributed by atoms with E-state index >= 15 is 0 Å². The Balaban J connectivity index is 1.72. The zero-order valence-corrected chi connectivity index (χ0v) is 16.8. The summed E-state index contributed by atoms with van der Waals surface area (Å²) >= 11 is 6.22. The molecule has 2 saturated heterocycles. The summed E-state index contributed by atoms with van der Waals surface area (Å²) in [6, 6.07) is 4.12. The first kappa shape index (κ1) is 20.4. The number of carbonyl (C=O) groups is 3. The van der Waals surface area contributed by atoms with Crippen molar-refractivity contribution in [2.45, 2.75) is 13.3 Å². The Morgan fingerprint density at radius 2 is 1.79 bits per heavy atom. The molecular weight excluding hydrogens is 410 g/mol. The standard InChI is InChI=1S/C17H20ClN3O6S/c1-2-27-17(24)20-8-6-19(7-9-20)16(23)13-4-3-12(11-14(13)18)21-15(22)5-10-28(21,25)26/h3-4,11H,2,5-10H2,1H3. The monoisotopic (exact) mass is 429 g/mol. The molecule has 0 unspecified atom stereocenters. The van der Waals surface area contributed by atoms with Crippen LogP contribution in [0.5, 0.6) is 0 Å². The third-order valence-corrected chi connectivity index (χ3v) is 6.59. The molecule has 3 rings (SSSR count). The topological polar surface area (TPSA) is 104 Å². The molecule has 152 valence electrons. The predicted octanol–water partition coefficient (Wildman–Crippen LogP) is 1.32. The van der Waals surface area contributed by atoms with Crippen LogP contribution in [0.25, 0.3) is 0 Å². The van der Waals surface area contributed by atoms with Crippen LogP contribution < -0.4 is 4.31 Å². The molecule has 1 aromatic rings. The molecular formula is C17H20ClN3O6S. The largest absolute Gasteiger partial charge is 0.450 e. The molecule has 3 amide bonds. The highest BCUT2D eigenvalue weighted by molar-refractivity contribution is 7.94. The number of carbonyl (C=O) groups excluding carboxylic acids is 3. The van der Waals surface area contributed by atoms with Crippen LogP contribution in [-0.4, -0.2) is 74.7 Å². The minimum Gasteiger partial charge on any atom is -0.450 e. The van der Waals surface area contributed by atoms with Crippen molar-refractivity contribution in [3.05, 3.63) is 28.8 Å². The zero-order chi connectivity index (χ0) is 20.5. The van der Waals surface area contributed by atoms with Crippen LogP contribution in [0.3, 0.4) is 0 Å². The minimum absolute atomic E-state index is 0.0604. The normalized spacial score (nSPS) is 19.1. The number of amides is 3. The van der Waals surface area contributed by atoms with Gasteiger partial charge in [0.05, 0.1) is 28.6 Å². The van der Waals surface area contributed by atoms with Crippen molar-refractivity contribution in [1.29, 1.82) is 0 Å². The molecule has 2 aliphatic rings. The van der Waals surface area contributed by atoms with Crippen LogP contribution in [0, 0.1) is 0 Å². The first-order valence-corrected chi connectivity index (χ1v) is 10.8. The SMILES string of the molecule is CCOC(=O)N1CCN(C(=O)c2ccc(N3C(=O)CCS3(=O)=O)cc2Cl)CC1. The fourth-order valence-electron chi connectivity index (χ4n) is 3.15. The second-order valence-electron chi connectivity index (χ2n) is 6.37. The van der Waals surface area contributed by atoms with Crippen molar-refractivity contribution >= 4 is 45.2 Å². The molecule has 11 heteroatoms. The molecule has 2 fully saturated rings. The van der Waals surface area contributed by atoms with E-state index in [4.69, 9.17) is 16.3 Å². The Kier molecular flexibility index (Phi) is 5.80. The van der Waals surface area contributed by atoms with Gasteiger partial charge in [0.1, 0.15) is 0 Å². The van der Waals surface area contributed by atoms with Gasteiger partial charge in [-0.25, -0.2) is 17.5 Å². The third-order valence-electron chi connectivity index (χ3n) is 4.59. The Hall–Kier alpha value is -2.33. The van der Waals surface area contributed by atoms with Crippen LogP contribution in [0.15, 0.2) is 18.2 Å². The molecule has 1 aromatic carbocycles. The summed E-state index contributed by atoms with van der Waals surface area (Å²) in [5.41, 5.74) is 0.329. The number of nitrogens with zero attached hydrogens (tertiary/aromatic N) is 3. The van der Waals surface area contributed by atoms with Crippen molar-refractivity contribution in [3.8, 4) is 0 Å². The Bertz CT molecular complexity index is 911. The summed E-state index contributed by atoms with van der Waals surface area (Å²) < 4.78 is 29.7. The lowest BCUT2D eigenvalue weighted by Crippen LogP contribution is -2.50. The number of anilines is 1. The van der Waals surface area contributed by atoms with Gasteiger partial charge >= 0.3 is 6.09 Å². The summed E-state index contributed by atoms with van der Waals surface area (Å²) in [6.07, 6.45) is -0.487. The third kappa shape index (κ3) is 3.93. The van der Waals surface area contributed by atoms with Crippen molar-refractivity contribution in [2.75, 3.05) is 42.8 Å². The molecule has 0 saturated carbocycles. The highest BCUT2D eigenvalue weighted by atomic mass is 35.5. The highest BCUT2D eigenvalue weighted by Crippen LogP contribution is 2.30. The van der Waals surface area contributed by atoms with Crippen LogP contribution in [-0.2, 0) is 19.6 Å². The summed E-state index contributed by atoms with van der Waals surface area (Å²) in [7, 11) is -3.70. The van der Waals surface area contributed by atoms with Gasteiger partial charge in [-0.05, 0) is 25.1 Å². The van der Waals surface area contributed by atoms with Crippen LogP contribution in [0.1, 0.15) is 23.7 Å². The summed E-state index contributed by atoms with van der Waals surface area (Å²) in [4.78, 5) is 39.5. The average Bonchev–Trinajstić information content (AvgIpc) is 2.94. The lowest BCUT2D eigenvalue weighted by atomic mass is 10.1. The average molecular weight is 430 g/mol. The van der Waals surface area contributed by atoms with E-state index in [2.05, 4.69) is 0 Å². The molecule has 28 heavy (non-hydrogen) atoms. The maximum absolute atomic E-state index is 12.8. The molecule has 0 N–H and O–H groups in total. The van der Waals surface area contributed by atoms with Crippen molar-refractivity contribution in [2.24, 2.45) is 0 Å². The van der Waals surface area contributed by atoms with Crippen LogP contribution in [0.4, 0.5) is 10.5 Å². The molecule has 2 aliphatic heterocycles. The number of halogens is 1. The van der Waals surface area contributed by atoms with E-state index in [1.165, 1.54) is 23.1 Å². The molecule has 0 radical (unpaired) electrons. The van der Waals surface area contributed by atoms with Gasteiger partial charge in [-0.2, -0.15) is 0 Å². The Labute approximate surface area is 167 Å². The van der Waals surface area contributed by atoms with Gasteiger partial charge in [-0.3, -0.25) is 9.59 Å². The first-order chi connectivity index (χ1) is 13.2. The fraction of sp³-hybridized carbons (Fsp3) is 0.471. The second kappa shape index (κ2) is 7.96. The quantitative estimate of drug-likeness (QED) is 0.717. The number of piperazine rings is 1. The van der Waals surface area contributed by atoms with Gasteiger partial charge in [-0.1, -0.05) is 11.6 Å². The van der Waals surface area contributed by atoms with Crippen LogP contribution >= 0.6 is 11.6 Å². The minimum atomic E-state index is -3.70. The number of hydrogen-bond acceptors (Lipinski definition) is 6. The van der Waals surface area contributed by atoms with E-state index in [1.54, 1.807) is 11.8 Å². The number of sulfonamides is 1. The Morgan fingerprint density at radius 3 is 2.32 bits per heavy atom. The molecule has 0 spiro atoms. The molecule has 0 atom stereocenters. The van der Waals surface area contributed by atoms with Crippen molar-refractivity contribution in [3.63, 3.8) is 0 Å². The molecule has 9 nitrogen and oxygen atoms in total. The van der Waals surface area contributed by atoms with Gasteiger partial charge in [0.15, 0.2) is 0 Å². The number of hydrogen-bond donors (Lipinski definition) is 0. The van der Waals surface area contributed by atoms with Crippen molar-refractivity contribution < 1.29 is 27.5 Å². The lowest BCUT2D eigenvalue weighted by Gasteiger charge is -2.34. The molecule has 0 aromatic heterocycles. The van der Waals surface area contributed by atoms with Crippen molar-refractivity contribution in [1.82, 2.24) is 9.80 Å². The van der Waals surface area contributed by atoms with E-state index < -0.39 is 22.0 Å². The first-order valence-electron chi connectivity index (χ1n) is 8.81. The van der Waals surface area contributed by atoms with Gasteiger partial charge in [0.2, 0.25) is 15.9 Å². The van der Waals surface area contributed by atoms with E-state index in [1.807, 2.05) is 0 Å². The van der Waals surface area contributed by atoms with Gasteiger partial charge in [-0.15, -0.1) is 0 Å². The number of benzene rings is 1. The van der Waals surface area contributed by atoms with Gasteiger partial charge in [0, 0.05) is 32.6 Å². The number of rotatable bonds is 3. The van der Waals surface area contributed by atoms with E-state index in [9.17, 15) is 22.8 Å². The van der Waals surface area contributed by atoms with Crippen LogP contribution in [0.2, 0.25) is 5.02 Å². The molecule has 0 aliphatic carbocycles. The smallest absolute Gasteiger partial charge is 0.409 e. The Morgan fingerprint density at radius 1 is 1.14 bits per heavy atom. The molecule has 0 bridgehead atoms. The maximum atomic E-state index is 12.8. The predicted molar refractivity (Wildman–Crippen MR) is 102 cm³/mol. The summed E-state index contributed by atoms with van der Waals surface area (Å²) in [5.74, 6) is -1.09. The maximum Gasteiger partial charge on any atom is 0.409 e.